The lowest BCUT2D eigenvalue weighted by atomic mass is 10.2. The minimum atomic E-state index is -1.63. The van der Waals surface area contributed by atoms with Gasteiger partial charge in [0.2, 0.25) is 0 Å². The highest BCUT2D eigenvalue weighted by Gasteiger charge is 2.35. The highest BCUT2D eigenvalue weighted by Crippen LogP contribution is 2.31. The standard InChI is InChI=1S/C12H17NO5S/c1-12(2,11(14)15)19(16)7-8-10(18-4)9(17-3)5-6-13-8/h5-6H,7H2,1-4H3,(H,14,15). The molecule has 1 unspecified atom stereocenters. The molecule has 1 aromatic heterocycles. The number of ether oxygens (including phenoxy) is 2. The molecule has 106 valence electrons. The third-order valence-corrected chi connectivity index (χ3v) is 4.57. The van der Waals surface area contributed by atoms with Crippen LogP contribution < -0.4 is 9.47 Å². The van der Waals surface area contributed by atoms with E-state index in [4.69, 9.17) is 14.6 Å². The van der Waals surface area contributed by atoms with Gasteiger partial charge in [-0.25, -0.2) is 0 Å². The van der Waals surface area contributed by atoms with Crippen molar-refractivity contribution in [3.63, 3.8) is 0 Å². The quantitative estimate of drug-likeness (QED) is 0.846. The second-order valence-corrected chi connectivity index (χ2v) is 6.30. The summed E-state index contributed by atoms with van der Waals surface area (Å²) in [6.07, 6.45) is 1.50. The molecule has 6 nitrogen and oxygen atoms in total. The zero-order valence-electron chi connectivity index (χ0n) is 11.3. The predicted molar refractivity (Wildman–Crippen MR) is 70.9 cm³/mol. The van der Waals surface area contributed by atoms with Crippen LogP contribution in [0.4, 0.5) is 0 Å². The summed E-state index contributed by atoms with van der Waals surface area (Å²) in [6.45, 7) is 2.83. The number of carboxylic acids is 1. The molecule has 19 heavy (non-hydrogen) atoms. The third kappa shape index (κ3) is 3.23. The van der Waals surface area contributed by atoms with Crippen LogP contribution in [-0.4, -0.2) is 39.2 Å². The minimum Gasteiger partial charge on any atom is -0.493 e. The maximum absolute atomic E-state index is 12.1. The van der Waals surface area contributed by atoms with Crippen LogP contribution in [-0.2, 0) is 21.3 Å². The fraction of sp³-hybridized carbons (Fsp3) is 0.500. The maximum Gasteiger partial charge on any atom is 0.321 e. The molecule has 1 N–H and O–H groups in total. The average molecular weight is 287 g/mol. The van der Waals surface area contributed by atoms with Crippen molar-refractivity contribution in [3.05, 3.63) is 18.0 Å². The smallest absolute Gasteiger partial charge is 0.321 e. The van der Waals surface area contributed by atoms with E-state index in [9.17, 15) is 9.00 Å². The van der Waals surface area contributed by atoms with Crippen LogP contribution in [0.15, 0.2) is 12.3 Å². The first-order valence-corrected chi connectivity index (χ1v) is 6.84. The summed E-state index contributed by atoms with van der Waals surface area (Å²) in [4.78, 5) is 15.1. The summed E-state index contributed by atoms with van der Waals surface area (Å²) in [5, 5.41) is 9.05. The Labute approximate surface area is 114 Å². The van der Waals surface area contributed by atoms with Gasteiger partial charge in [0.25, 0.3) is 0 Å². The van der Waals surface area contributed by atoms with E-state index in [0.717, 1.165) is 0 Å². The van der Waals surface area contributed by atoms with Crippen LogP contribution in [0.25, 0.3) is 0 Å². The molecule has 0 saturated heterocycles. The Balaban J connectivity index is 3.07. The number of nitrogens with zero attached hydrogens (tertiary/aromatic N) is 1. The molecule has 0 aliphatic rings. The van der Waals surface area contributed by atoms with Crippen molar-refractivity contribution in [3.8, 4) is 11.5 Å². The van der Waals surface area contributed by atoms with E-state index in [-0.39, 0.29) is 5.75 Å². The summed E-state index contributed by atoms with van der Waals surface area (Å²) in [5.41, 5.74) is 0.412. The predicted octanol–water partition coefficient (Wildman–Crippen LogP) is 1.21. The summed E-state index contributed by atoms with van der Waals surface area (Å²) in [7, 11) is 1.31. The number of pyridine rings is 1. The van der Waals surface area contributed by atoms with Gasteiger partial charge < -0.3 is 14.6 Å². The van der Waals surface area contributed by atoms with Gasteiger partial charge in [0, 0.05) is 23.1 Å². The van der Waals surface area contributed by atoms with Crippen LogP contribution in [0.5, 0.6) is 11.5 Å². The van der Waals surface area contributed by atoms with Crippen LogP contribution in [0.1, 0.15) is 19.5 Å². The zero-order chi connectivity index (χ0) is 14.6. The number of methoxy groups -OCH3 is 2. The monoisotopic (exact) mass is 287 g/mol. The summed E-state index contributed by atoms with van der Waals surface area (Å²) >= 11 is 0. The molecule has 1 heterocycles. The Kier molecular flexibility index (Phi) is 4.88. The van der Waals surface area contributed by atoms with Gasteiger partial charge in [0.15, 0.2) is 11.5 Å². The van der Waals surface area contributed by atoms with Gasteiger partial charge in [-0.05, 0) is 13.8 Å². The lowest BCUT2D eigenvalue weighted by Crippen LogP contribution is -2.37. The fourth-order valence-corrected chi connectivity index (χ4v) is 2.36. The van der Waals surface area contributed by atoms with E-state index in [1.807, 2.05) is 0 Å². The Bertz CT molecular complexity index is 501. The largest absolute Gasteiger partial charge is 0.493 e. The number of carboxylic acid groups (broad SMARTS) is 1. The molecular formula is C12H17NO5S. The second-order valence-electron chi connectivity index (χ2n) is 4.30. The lowest BCUT2D eigenvalue weighted by molar-refractivity contribution is -0.139. The van der Waals surface area contributed by atoms with Crippen LogP contribution in [0.2, 0.25) is 0 Å². The maximum atomic E-state index is 12.1. The SMILES string of the molecule is COc1ccnc(CS(=O)C(C)(C)C(=O)O)c1OC. The van der Waals surface area contributed by atoms with E-state index in [1.165, 1.54) is 34.3 Å². The van der Waals surface area contributed by atoms with Crippen molar-refractivity contribution < 1.29 is 23.6 Å². The molecule has 0 bridgehead atoms. The van der Waals surface area contributed by atoms with Crippen LogP contribution in [0, 0.1) is 0 Å². The normalized spacial score (nSPS) is 12.8. The number of aliphatic carboxylic acids is 1. The van der Waals surface area contributed by atoms with Gasteiger partial charge in [0.1, 0.15) is 4.75 Å². The molecule has 0 radical (unpaired) electrons. The van der Waals surface area contributed by atoms with Gasteiger partial charge in [-0.15, -0.1) is 0 Å². The van der Waals surface area contributed by atoms with E-state index >= 15 is 0 Å². The number of hydrogen-bond donors (Lipinski definition) is 1. The van der Waals surface area contributed by atoms with Crippen LogP contribution >= 0.6 is 0 Å². The first-order chi connectivity index (χ1) is 8.84. The van der Waals surface area contributed by atoms with Gasteiger partial charge in [-0.3, -0.25) is 14.0 Å². The Hall–Kier alpha value is -1.63. The summed E-state index contributed by atoms with van der Waals surface area (Å²) in [5.74, 6) is -0.287. The van der Waals surface area contributed by atoms with Crippen molar-refractivity contribution in [1.29, 1.82) is 0 Å². The molecule has 0 saturated carbocycles. The van der Waals surface area contributed by atoms with Crippen molar-refractivity contribution in [2.45, 2.75) is 24.3 Å². The van der Waals surface area contributed by atoms with E-state index in [1.54, 1.807) is 6.07 Å². The number of carbonyl (C=O) groups is 1. The highest BCUT2D eigenvalue weighted by atomic mass is 32.2. The molecule has 7 heteroatoms. The number of aromatic nitrogens is 1. The van der Waals surface area contributed by atoms with Crippen molar-refractivity contribution >= 4 is 16.8 Å². The van der Waals surface area contributed by atoms with Crippen molar-refractivity contribution in [1.82, 2.24) is 4.98 Å². The lowest BCUT2D eigenvalue weighted by Gasteiger charge is -2.19. The molecule has 1 aromatic rings. The van der Waals surface area contributed by atoms with Crippen molar-refractivity contribution in [2.24, 2.45) is 0 Å². The van der Waals surface area contributed by atoms with E-state index in [0.29, 0.717) is 17.2 Å². The van der Waals surface area contributed by atoms with Gasteiger partial charge in [0.05, 0.1) is 25.7 Å². The molecule has 0 fully saturated rings. The van der Waals surface area contributed by atoms with Gasteiger partial charge >= 0.3 is 5.97 Å². The van der Waals surface area contributed by atoms with E-state index in [2.05, 4.69) is 4.98 Å². The minimum absolute atomic E-state index is 0.0142. The average Bonchev–Trinajstić information content (AvgIpc) is 2.37. The summed E-state index contributed by atoms with van der Waals surface area (Å²) in [6, 6.07) is 1.62. The molecule has 0 aromatic carbocycles. The highest BCUT2D eigenvalue weighted by molar-refractivity contribution is 7.86. The third-order valence-electron chi connectivity index (χ3n) is 2.72. The zero-order valence-corrected chi connectivity index (χ0v) is 12.1. The molecule has 0 spiro atoms. The fourth-order valence-electron chi connectivity index (χ4n) is 1.36. The summed E-state index contributed by atoms with van der Waals surface area (Å²) < 4.78 is 21.1. The van der Waals surface area contributed by atoms with Gasteiger partial charge in [-0.1, -0.05) is 0 Å². The number of rotatable bonds is 6. The molecule has 0 aliphatic carbocycles. The molecule has 1 atom stereocenters. The van der Waals surface area contributed by atoms with Gasteiger partial charge in [-0.2, -0.15) is 0 Å². The molecular weight excluding hydrogens is 270 g/mol. The van der Waals surface area contributed by atoms with E-state index < -0.39 is 21.5 Å². The first kappa shape index (κ1) is 15.4. The first-order valence-electron chi connectivity index (χ1n) is 5.52. The Morgan fingerprint density at radius 2 is 2.05 bits per heavy atom. The number of hydrogen-bond acceptors (Lipinski definition) is 5. The molecule has 0 amide bonds. The Morgan fingerprint density at radius 1 is 1.42 bits per heavy atom. The topological polar surface area (TPSA) is 85.7 Å². The molecule has 1 rings (SSSR count). The van der Waals surface area contributed by atoms with Crippen LogP contribution in [0.3, 0.4) is 0 Å². The molecule has 0 aliphatic heterocycles. The van der Waals surface area contributed by atoms with Crippen molar-refractivity contribution in [2.75, 3.05) is 14.2 Å². The Morgan fingerprint density at radius 3 is 2.53 bits per heavy atom. The second kappa shape index (κ2) is 6.01.